The van der Waals surface area contributed by atoms with Crippen LogP contribution in [0.4, 0.5) is 23.5 Å². The largest absolute Gasteiger partial charge is 0.366 e. The van der Waals surface area contributed by atoms with Crippen molar-refractivity contribution < 1.29 is 4.79 Å². The highest BCUT2D eigenvalue weighted by atomic mass is 16.1. The summed E-state index contributed by atoms with van der Waals surface area (Å²) in [7, 11) is 0. The minimum absolute atomic E-state index is 0.399. The number of nitrogens with one attached hydrogen (secondary N) is 1. The van der Waals surface area contributed by atoms with Crippen LogP contribution in [0.25, 0.3) is 0 Å². The molecule has 0 atom stereocenters. The van der Waals surface area contributed by atoms with Crippen molar-refractivity contribution in [3.63, 3.8) is 0 Å². The predicted octanol–water partition coefficient (Wildman–Crippen LogP) is 2.42. The number of anilines is 4. The van der Waals surface area contributed by atoms with Gasteiger partial charge in [-0.15, -0.1) is 0 Å². The van der Waals surface area contributed by atoms with Crippen molar-refractivity contribution in [3.05, 3.63) is 90.0 Å². The van der Waals surface area contributed by atoms with Crippen LogP contribution in [-0.4, -0.2) is 57.0 Å². The van der Waals surface area contributed by atoms with Crippen LogP contribution >= 0.6 is 0 Å². The van der Waals surface area contributed by atoms with E-state index < -0.39 is 5.91 Å². The fourth-order valence-corrected chi connectivity index (χ4v) is 3.92. The van der Waals surface area contributed by atoms with Crippen molar-refractivity contribution >= 4 is 29.4 Å². The summed E-state index contributed by atoms with van der Waals surface area (Å²) in [5.74, 6) is 1.23. The minimum atomic E-state index is -0.488. The second-order valence-corrected chi connectivity index (χ2v) is 8.21. The van der Waals surface area contributed by atoms with Crippen molar-refractivity contribution in [3.8, 4) is 0 Å². The molecule has 1 aliphatic heterocycles. The van der Waals surface area contributed by atoms with Crippen LogP contribution in [0, 0.1) is 0 Å². The Kier molecular flexibility index (Phi) is 6.42. The van der Waals surface area contributed by atoms with E-state index in [1.165, 1.54) is 11.9 Å². The van der Waals surface area contributed by atoms with Gasteiger partial charge < -0.3 is 20.9 Å². The minimum Gasteiger partial charge on any atom is -0.366 e. The Hall–Kier alpha value is -4.60. The van der Waals surface area contributed by atoms with Gasteiger partial charge in [-0.1, -0.05) is 36.4 Å². The summed E-state index contributed by atoms with van der Waals surface area (Å²) < 4.78 is 0. The maximum absolute atomic E-state index is 11.4. The van der Waals surface area contributed by atoms with Gasteiger partial charge >= 0.3 is 0 Å². The average molecular weight is 468 g/mol. The number of carbonyl (C=O) groups excluding carboxylic acids is 1. The molecule has 0 aliphatic carbocycles. The fraction of sp³-hybridized carbons (Fsp3) is 0.200. The summed E-state index contributed by atoms with van der Waals surface area (Å²) in [6, 6.07) is 17.2. The van der Waals surface area contributed by atoms with Gasteiger partial charge in [0, 0.05) is 56.2 Å². The van der Waals surface area contributed by atoms with E-state index in [9.17, 15) is 4.79 Å². The highest BCUT2D eigenvalue weighted by Crippen LogP contribution is 2.19. The number of nitrogens with zero attached hydrogens (tertiary/aromatic N) is 7. The standard InChI is InChI=1S/C25H25N9O/c26-22(35)20-7-4-8-21(14-20)31-23-29-17-30-25(32-23)34-11-9-33(10-12-34)24-27-15-19(16-28-24)13-18-5-2-1-3-6-18/h1-8,14-17H,9-13H2,(H2,26,35)(H,29,30,31,32). The van der Waals surface area contributed by atoms with Crippen molar-refractivity contribution in [2.45, 2.75) is 6.42 Å². The molecule has 1 aliphatic rings. The Morgan fingerprint density at radius 2 is 1.54 bits per heavy atom. The quantitative estimate of drug-likeness (QED) is 0.421. The van der Waals surface area contributed by atoms with E-state index in [0.29, 0.717) is 23.1 Å². The van der Waals surface area contributed by atoms with E-state index >= 15 is 0 Å². The van der Waals surface area contributed by atoms with Gasteiger partial charge in [0.1, 0.15) is 6.33 Å². The van der Waals surface area contributed by atoms with E-state index in [-0.39, 0.29) is 0 Å². The number of carbonyl (C=O) groups is 1. The topological polar surface area (TPSA) is 126 Å². The van der Waals surface area contributed by atoms with Crippen molar-refractivity contribution in [1.29, 1.82) is 0 Å². The lowest BCUT2D eigenvalue weighted by Gasteiger charge is -2.34. The molecule has 35 heavy (non-hydrogen) atoms. The van der Waals surface area contributed by atoms with E-state index in [4.69, 9.17) is 5.73 Å². The van der Waals surface area contributed by atoms with E-state index in [2.05, 4.69) is 52.2 Å². The lowest BCUT2D eigenvalue weighted by molar-refractivity contribution is 0.100. The van der Waals surface area contributed by atoms with Crippen LogP contribution in [0.5, 0.6) is 0 Å². The smallest absolute Gasteiger partial charge is 0.248 e. The summed E-state index contributed by atoms with van der Waals surface area (Å²) in [5.41, 5.74) is 8.78. The lowest BCUT2D eigenvalue weighted by Crippen LogP contribution is -2.47. The zero-order chi connectivity index (χ0) is 24.0. The van der Waals surface area contributed by atoms with E-state index in [1.807, 2.05) is 36.7 Å². The maximum Gasteiger partial charge on any atom is 0.248 e. The number of amides is 1. The van der Waals surface area contributed by atoms with Gasteiger partial charge in [-0.3, -0.25) is 4.79 Å². The molecule has 1 fully saturated rings. The molecular formula is C25H25N9O. The Morgan fingerprint density at radius 3 is 2.26 bits per heavy atom. The van der Waals surface area contributed by atoms with Crippen LogP contribution in [-0.2, 0) is 6.42 Å². The van der Waals surface area contributed by atoms with Crippen LogP contribution in [0.1, 0.15) is 21.5 Å². The fourth-order valence-electron chi connectivity index (χ4n) is 3.92. The summed E-state index contributed by atoms with van der Waals surface area (Å²) in [5, 5.41) is 3.11. The molecule has 2 aromatic carbocycles. The normalized spacial score (nSPS) is 13.5. The molecule has 0 saturated carbocycles. The molecule has 10 nitrogen and oxygen atoms in total. The van der Waals surface area contributed by atoms with Gasteiger partial charge in [-0.05, 0) is 29.3 Å². The number of primary amides is 1. The monoisotopic (exact) mass is 467 g/mol. The molecule has 0 radical (unpaired) electrons. The molecule has 0 spiro atoms. The second kappa shape index (κ2) is 10.1. The Bertz CT molecular complexity index is 1290. The molecule has 0 bridgehead atoms. The number of piperazine rings is 1. The highest BCUT2D eigenvalue weighted by Gasteiger charge is 2.21. The van der Waals surface area contributed by atoms with Crippen LogP contribution in [0.2, 0.25) is 0 Å². The molecule has 3 N–H and O–H groups in total. The Labute approximate surface area is 202 Å². The molecule has 5 rings (SSSR count). The number of nitrogens with two attached hydrogens (primary N) is 1. The van der Waals surface area contributed by atoms with Crippen molar-refractivity contribution in [2.24, 2.45) is 5.73 Å². The average Bonchev–Trinajstić information content (AvgIpc) is 2.90. The first-order valence-corrected chi connectivity index (χ1v) is 11.3. The molecule has 4 aromatic rings. The first-order chi connectivity index (χ1) is 17.1. The molecule has 1 amide bonds. The van der Waals surface area contributed by atoms with E-state index in [0.717, 1.165) is 44.1 Å². The predicted molar refractivity (Wildman–Crippen MR) is 134 cm³/mol. The van der Waals surface area contributed by atoms with Gasteiger partial charge in [0.05, 0.1) is 0 Å². The van der Waals surface area contributed by atoms with Gasteiger partial charge in [0.25, 0.3) is 0 Å². The van der Waals surface area contributed by atoms with Crippen molar-refractivity contribution in [2.75, 3.05) is 41.3 Å². The van der Waals surface area contributed by atoms with Gasteiger partial charge in [0.15, 0.2) is 0 Å². The number of benzene rings is 2. The van der Waals surface area contributed by atoms with Gasteiger partial charge in [-0.25, -0.2) is 19.9 Å². The van der Waals surface area contributed by atoms with Gasteiger partial charge in [0.2, 0.25) is 23.8 Å². The van der Waals surface area contributed by atoms with Gasteiger partial charge in [-0.2, -0.15) is 4.98 Å². The summed E-state index contributed by atoms with van der Waals surface area (Å²) in [6.45, 7) is 2.98. The number of hydrogen-bond acceptors (Lipinski definition) is 9. The highest BCUT2D eigenvalue weighted by molar-refractivity contribution is 5.93. The van der Waals surface area contributed by atoms with Crippen LogP contribution in [0.15, 0.2) is 73.3 Å². The first kappa shape index (κ1) is 22.2. The molecule has 1 saturated heterocycles. The summed E-state index contributed by atoms with van der Waals surface area (Å²) in [6.07, 6.45) is 6.10. The summed E-state index contributed by atoms with van der Waals surface area (Å²) >= 11 is 0. The summed E-state index contributed by atoms with van der Waals surface area (Å²) in [4.78, 5) is 37.9. The molecule has 2 aromatic heterocycles. The number of aromatic nitrogens is 5. The van der Waals surface area contributed by atoms with Crippen LogP contribution < -0.4 is 20.9 Å². The van der Waals surface area contributed by atoms with Crippen molar-refractivity contribution in [1.82, 2.24) is 24.9 Å². The third-order valence-corrected chi connectivity index (χ3v) is 5.75. The third kappa shape index (κ3) is 5.49. The SMILES string of the molecule is NC(=O)c1cccc(Nc2ncnc(N3CCN(c4ncc(Cc5ccccc5)cn4)CC3)n2)c1. The molecule has 10 heteroatoms. The van der Waals surface area contributed by atoms with Crippen LogP contribution in [0.3, 0.4) is 0 Å². The lowest BCUT2D eigenvalue weighted by atomic mass is 10.1. The second-order valence-electron chi connectivity index (χ2n) is 8.21. The maximum atomic E-state index is 11.4. The Morgan fingerprint density at radius 1 is 0.829 bits per heavy atom. The Balaban J connectivity index is 1.19. The van der Waals surface area contributed by atoms with E-state index in [1.54, 1.807) is 18.2 Å². The first-order valence-electron chi connectivity index (χ1n) is 11.3. The molecular weight excluding hydrogens is 442 g/mol. The number of hydrogen-bond donors (Lipinski definition) is 2. The molecule has 3 heterocycles. The molecule has 176 valence electrons. The zero-order valence-corrected chi connectivity index (χ0v) is 19.1. The third-order valence-electron chi connectivity index (χ3n) is 5.75. The zero-order valence-electron chi connectivity index (χ0n) is 19.1. The molecule has 0 unspecified atom stereocenters. The number of rotatable bonds is 7.